The van der Waals surface area contributed by atoms with Gasteiger partial charge < -0.3 is 10.4 Å². The lowest BCUT2D eigenvalue weighted by molar-refractivity contribution is -0.137. The van der Waals surface area contributed by atoms with E-state index >= 15 is 0 Å². The number of benzene rings is 3. The van der Waals surface area contributed by atoms with Crippen LogP contribution in [0.5, 0.6) is 0 Å². The normalized spacial score (nSPS) is 10.9. The monoisotopic (exact) mass is 612 g/mol. The van der Waals surface area contributed by atoms with Gasteiger partial charge in [-0.2, -0.15) is 18.3 Å². The number of halogens is 3. The zero-order valence-corrected chi connectivity index (χ0v) is 26.4. The van der Waals surface area contributed by atoms with E-state index in [0.717, 1.165) is 35.0 Å². The Morgan fingerprint density at radius 1 is 0.932 bits per heavy atom. The summed E-state index contributed by atoms with van der Waals surface area (Å²) in [5.41, 5.74) is 1.39. The molecule has 44 heavy (non-hydrogen) atoms. The number of nitrogens with one attached hydrogen (secondary N) is 1. The maximum atomic E-state index is 13.2. The molecule has 0 spiro atoms. The molecule has 7 nitrogen and oxygen atoms in total. The van der Waals surface area contributed by atoms with Crippen molar-refractivity contribution in [3.8, 4) is 5.69 Å². The van der Waals surface area contributed by atoms with Gasteiger partial charge in [-0.3, -0.25) is 14.5 Å². The van der Waals surface area contributed by atoms with Gasteiger partial charge in [-0.15, -0.1) is 0 Å². The van der Waals surface area contributed by atoms with Crippen LogP contribution in [0.1, 0.15) is 68.6 Å². The molecule has 1 unspecified atom stereocenters. The molecule has 4 aromatic rings. The molecular weight excluding hydrogens is 569 g/mol. The third-order valence-corrected chi connectivity index (χ3v) is 5.95. The molecule has 2 N–H and O–H groups in total. The van der Waals surface area contributed by atoms with Crippen molar-refractivity contribution in [3.05, 3.63) is 113 Å². The molecule has 1 aromatic heterocycles. The minimum atomic E-state index is -4.57. The maximum Gasteiger partial charge on any atom is 0.416 e. The van der Waals surface area contributed by atoms with Crippen molar-refractivity contribution in [3.63, 3.8) is 0 Å². The highest BCUT2D eigenvalue weighted by Gasteiger charge is 2.31. The molecule has 0 radical (unpaired) electrons. The number of para-hydroxylation sites is 1. The second kappa shape index (κ2) is 19.0. The fraction of sp³-hybridized carbons (Fsp3) is 0.324. The maximum absolute atomic E-state index is 13.2. The Bertz CT molecular complexity index is 1410. The van der Waals surface area contributed by atoms with Crippen LogP contribution in [0.2, 0.25) is 0 Å². The molecular formula is C34H43F3N4O3. The Kier molecular flexibility index (Phi) is 16.2. The third-order valence-electron chi connectivity index (χ3n) is 5.95. The zero-order valence-electron chi connectivity index (χ0n) is 26.4. The molecule has 0 saturated heterocycles. The minimum Gasteiger partial charge on any atom is -0.392 e. The van der Waals surface area contributed by atoms with Crippen LogP contribution in [0.25, 0.3) is 5.69 Å². The number of carbonyl (C=O) groups excluding carboxylic acids is 2. The lowest BCUT2D eigenvalue weighted by atomic mass is 10.1. The van der Waals surface area contributed by atoms with Crippen LogP contribution < -0.4 is 10.2 Å². The number of aliphatic hydroxyl groups is 1. The van der Waals surface area contributed by atoms with Gasteiger partial charge in [0.2, 0.25) is 5.91 Å². The predicted octanol–water partition coefficient (Wildman–Crippen LogP) is 7.60. The summed E-state index contributed by atoms with van der Waals surface area (Å²) in [6.45, 7) is 13.6. The Balaban J connectivity index is 0.000000683. The third kappa shape index (κ3) is 10.7. The highest BCUT2D eigenvalue weighted by atomic mass is 19.4. The van der Waals surface area contributed by atoms with Crippen LogP contribution in [-0.4, -0.2) is 39.3 Å². The van der Waals surface area contributed by atoms with E-state index in [2.05, 4.69) is 10.4 Å². The van der Waals surface area contributed by atoms with E-state index in [-0.39, 0.29) is 12.2 Å². The van der Waals surface area contributed by atoms with Crippen LogP contribution in [0, 0.1) is 6.92 Å². The number of anilines is 1. The van der Waals surface area contributed by atoms with E-state index in [1.807, 2.05) is 95.3 Å². The summed E-state index contributed by atoms with van der Waals surface area (Å²) >= 11 is 0. The van der Waals surface area contributed by atoms with Gasteiger partial charge in [-0.1, -0.05) is 82.3 Å². The quantitative estimate of drug-likeness (QED) is 0.225. The van der Waals surface area contributed by atoms with Gasteiger partial charge in [0, 0.05) is 17.7 Å². The molecule has 2 amide bonds. The number of likely N-dealkylation sites (N-methyl/N-ethyl adjacent to an activating group) is 1. The van der Waals surface area contributed by atoms with Gasteiger partial charge in [0.15, 0.2) is 0 Å². The molecule has 10 heteroatoms. The summed E-state index contributed by atoms with van der Waals surface area (Å²) in [5, 5.41) is 15.4. The standard InChI is InChI=1S/C23H23F3N4O2.C7H8O.2C2H6/c1-4-29(21-15(2)14-27-30(21)19-11-6-5-7-12-19)22(32)16(3)28-20(31)17-9-8-10-18(13-17)23(24,25)26;8-6-7-4-2-1-3-5-7;2*1-2/h5-14,16H,4H2,1-3H3,(H,28,31);1-5,8H,6H2;2*1-2H3. The Hall–Kier alpha value is -4.44. The smallest absolute Gasteiger partial charge is 0.392 e. The number of aliphatic hydroxyl groups excluding tert-OH is 1. The molecule has 0 saturated carbocycles. The number of hydrogen-bond acceptors (Lipinski definition) is 4. The van der Waals surface area contributed by atoms with Gasteiger partial charge in [0.25, 0.3) is 5.91 Å². The Morgan fingerprint density at radius 2 is 1.50 bits per heavy atom. The lowest BCUT2D eigenvalue weighted by Crippen LogP contribution is -2.47. The fourth-order valence-electron chi connectivity index (χ4n) is 3.91. The van der Waals surface area contributed by atoms with E-state index in [1.165, 1.54) is 17.9 Å². The summed E-state index contributed by atoms with van der Waals surface area (Å²) < 4.78 is 40.5. The van der Waals surface area contributed by atoms with Crippen molar-refractivity contribution < 1.29 is 27.9 Å². The summed E-state index contributed by atoms with van der Waals surface area (Å²) in [5.74, 6) is -0.612. The first-order valence-electron chi connectivity index (χ1n) is 14.6. The van der Waals surface area contributed by atoms with E-state index < -0.39 is 29.6 Å². The molecule has 4 rings (SSSR count). The fourth-order valence-corrected chi connectivity index (χ4v) is 3.91. The highest BCUT2D eigenvalue weighted by Crippen LogP contribution is 2.29. The molecule has 3 aromatic carbocycles. The van der Waals surface area contributed by atoms with Crippen molar-refractivity contribution in [1.29, 1.82) is 0 Å². The summed E-state index contributed by atoms with van der Waals surface area (Å²) in [6, 6.07) is 21.9. The number of alkyl halides is 3. The Morgan fingerprint density at radius 3 is 2.00 bits per heavy atom. The SMILES string of the molecule is CC.CC.CCN(C(=O)C(C)NC(=O)c1cccc(C(F)(F)F)c1)c1c(C)cnn1-c1ccccc1.OCc1ccccc1. The topological polar surface area (TPSA) is 87.5 Å². The van der Waals surface area contributed by atoms with Gasteiger partial charge in [-0.25, -0.2) is 4.68 Å². The number of aryl methyl sites for hydroxylation is 1. The average molecular weight is 613 g/mol. The van der Waals surface area contributed by atoms with Gasteiger partial charge >= 0.3 is 6.18 Å². The first-order chi connectivity index (χ1) is 21.1. The van der Waals surface area contributed by atoms with Gasteiger partial charge in [0.1, 0.15) is 11.9 Å². The van der Waals surface area contributed by atoms with Crippen molar-refractivity contribution >= 4 is 17.6 Å². The molecule has 0 fully saturated rings. The van der Waals surface area contributed by atoms with Gasteiger partial charge in [-0.05, 0) is 56.7 Å². The summed E-state index contributed by atoms with van der Waals surface area (Å²) in [4.78, 5) is 27.2. The first-order valence-corrected chi connectivity index (χ1v) is 14.6. The largest absolute Gasteiger partial charge is 0.416 e. The summed E-state index contributed by atoms with van der Waals surface area (Å²) in [7, 11) is 0. The predicted molar refractivity (Wildman–Crippen MR) is 170 cm³/mol. The van der Waals surface area contributed by atoms with Crippen molar-refractivity contribution in [2.24, 2.45) is 0 Å². The lowest BCUT2D eigenvalue weighted by Gasteiger charge is -2.26. The van der Waals surface area contributed by atoms with E-state index in [0.29, 0.717) is 12.4 Å². The zero-order chi connectivity index (χ0) is 33.3. The molecule has 0 aliphatic heterocycles. The van der Waals surface area contributed by atoms with Crippen LogP contribution >= 0.6 is 0 Å². The molecule has 0 bridgehead atoms. The van der Waals surface area contributed by atoms with Crippen molar-refractivity contribution in [2.45, 2.75) is 67.3 Å². The summed E-state index contributed by atoms with van der Waals surface area (Å²) in [6.07, 6.45) is -2.92. The average Bonchev–Trinajstić information content (AvgIpc) is 3.44. The number of nitrogens with zero attached hydrogens (tertiary/aromatic N) is 3. The highest BCUT2D eigenvalue weighted by molar-refractivity contribution is 6.02. The van der Waals surface area contributed by atoms with Crippen LogP contribution in [-0.2, 0) is 17.6 Å². The molecule has 0 aliphatic rings. The van der Waals surface area contributed by atoms with Crippen molar-refractivity contribution in [1.82, 2.24) is 15.1 Å². The minimum absolute atomic E-state index is 0.140. The number of rotatable bonds is 7. The second-order valence-corrected chi connectivity index (χ2v) is 8.90. The Labute approximate surface area is 258 Å². The van der Waals surface area contributed by atoms with Crippen LogP contribution in [0.4, 0.5) is 19.0 Å². The number of aromatic nitrogens is 2. The number of amides is 2. The van der Waals surface area contributed by atoms with Crippen LogP contribution in [0.15, 0.2) is 91.1 Å². The van der Waals surface area contributed by atoms with E-state index in [9.17, 15) is 22.8 Å². The van der Waals surface area contributed by atoms with Gasteiger partial charge in [0.05, 0.1) is 24.1 Å². The van der Waals surface area contributed by atoms with Crippen LogP contribution in [0.3, 0.4) is 0 Å². The van der Waals surface area contributed by atoms with E-state index in [4.69, 9.17) is 5.11 Å². The molecule has 1 heterocycles. The molecule has 0 aliphatic carbocycles. The van der Waals surface area contributed by atoms with E-state index in [1.54, 1.807) is 17.8 Å². The first kappa shape index (κ1) is 37.6. The second-order valence-electron chi connectivity index (χ2n) is 8.90. The molecule has 238 valence electrons. The number of carbonyl (C=O) groups is 2. The number of hydrogen-bond donors (Lipinski definition) is 2. The molecule has 1 atom stereocenters. The van der Waals surface area contributed by atoms with Crippen molar-refractivity contribution in [2.75, 3.05) is 11.4 Å².